The number of nitrogens with one attached hydrogen (secondary N) is 1. The minimum absolute atomic E-state index is 0.168. The average molecular weight is 206 g/mol. The lowest BCUT2D eigenvalue weighted by Crippen LogP contribution is -2.10. The van der Waals surface area contributed by atoms with Crippen LogP contribution in [-0.2, 0) is 6.42 Å². The third-order valence-electron chi connectivity index (χ3n) is 2.17. The molecule has 0 heterocycles. The second-order valence-electron chi connectivity index (χ2n) is 3.15. The molecule has 0 atom stereocenters. The molecule has 1 aromatic carbocycles. The van der Waals surface area contributed by atoms with E-state index in [2.05, 4.69) is 5.32 Å². The van der Waals surface area contributed by atoms with Crippen molar-refractivity contribution in [2.45, 2.75) is 6.42 Å². The molecular formula is C11H14N2O2. The lowest BCUT2D eigenvalue weighted by molar-refractivity contribution is 0.405. The monoisotopic (exact) mass is 206 g/mol. The Morgan fingerprint density at radius 1 is 1.53 bits per heavy atom. The molecule has 0 bridgehead atoms. The Morgan fingerprint density at radius 3 is 2.80 bits per heavy atom. The zero-order valence-electron chi connectivity index (χ0n) is 8.87. The number of phenols is 1. The molecule has 2 N–H and O–H groups in total. The van der Waals surface area contributed by atoms with Gasteiger partial charge in [-0.15, -0.1) is 0 Å². The van der Waals surface area contributed by atoms with E-state index in [1.807, 2.05) is 13.1 Å². The van der Waals surface area contributed by atoms with Crippen molar-refractivity contribution in [1.82, 2.24) is 5.32 Å². The van der Waals surface area contributed by atoms with Crippen molar-refractivity contribution in [3.8, 4) is 17.6 Å². The lowest BCUT2D eigenvalue weighted by Gasteiger charge is -2.08. The first-order valence-electron chi connectivity index (χ1n) is 4.67. The Balaban J connectivity index is 3.04. The summed E-state index contributed by atoms with van der Waals surface area (Å²) in [6, 6.07) is 5.17. The van der Waals surface area contributed by atoms with Crippen LogP contribution in [0.1, 0.15) is 11.1 Å². The normalized spacial score (nSPS) is 9.67. The van der Waals surface area contributed by atoms with Gasteiger partial charge in [-0.2, -0.15) is 5.26 Å². The van der Waals surface area contributed by atoms with Gasteiger partial charge in [-0.25, -0.2) is 0 Å². The largest absolute Gasteiger partial charge is 0.508 e. The lowest BCUT2D eigenvalue weighted by atomic mass is 10.1. The highest BCUT2D eigenvalue weighted by molar-refractivity contribution is 5.51. The van der Waals surface area contributed by atoms with E-state index in [0.29, 0.717) is 17.7 Å². The first kappa shape index (κ1) is 11.3. The van der Waals surface area contributed by atoms with Gasteiger partial charge in [0.2, 0.25) is 0 Å². The van der Waals surface area contributed by atoms with Crippen molar-refractivity contribution >= 4 is 0 Å². The molecule has 80 valence electrons. The van der Waals surface area contributed by atoms with E-state index in [9.17, 15) is 5.11 Å². The van der Waals surface area contributed by atoms with Gasteiger partial charge in [0.25, 0.3) is 0 Å². The maximum Gasteiger partial charge on any atom is 0.140 e. The van der Waals surface area contributed by atoms with Crippen molar-refractivity contribution < 1.29 is 9.84 Å². The molecule has 4 heteroatoms. The standard InChI is InChI=1S/C11H14N2O2/c1-13-4-3-8-5-9(7-12)11(15-2)6-10(8)14/h5-6,13-14H,3-4H2,1-2H3. The van der Waals surface area contributed by atoms with Gasteiger partial charge < -0.3 is 15.2 Å². The molecule has 0 unspecified atom stereocenters. The number of rotatable bonds is 4. The van der Waals surface area contributed by atoms with Crippen LogP contribution >= 0.6 is 0 Å². The van der Waals surface area contributed by atoms with Crippen LogP contribution in [0.4, 0.5) is 0 Å². The van der Waals surface area contributed by atoms with Gasteiger partial charge in [0.15, 0.2) is 0 Å². The van der Waals surface area contributed by atoms with Crippen molar-refractivity contribution in [3.05, 3.63) is 23.3 Å². The van der Waals surface area contributed by atoms with Gasteiger partial charge in [0, 0.05) is 6.07 Å². The number of hydrogen-bond donors (Lipinski definition) is 2. The number of benzene rings is 1. The first-order chi connectivity index (χ1) is 7.22. The first-order valence-corrected chi connectivity index (χ1v) is 4.67. The fourth-order valence-corrected chi connectivity index (χ4v) is 1.33. The maximum absolute atomic E-state index is 9.65. The smallest absolute Gasteiger partial charge is 0.140 e. The molecule has 4 nitrogen and oxygen atoms in total. The average Bonchev–Trinajstić information content (AvgIpc) is 2.27. The summed E-state index contributed by atoms with van der Waals surface area (Å²) >= 11 is 0. The summed E-state index contributed by atoms with van der Waals surface area (Å²) in [7, 11) is 3.31. The second kappa shape index (κ2) is 5.23. The third kappa shape index (κ3) is 2.61. The molecular weight excluding hydrogens is 192 g/mol. The molecule has 1 aromatic rings. The Hall–Kier alpha value is -1.73. The molecule has 15 heavy (non-hydrogen) atoms. The van der Waals surface area contributed by atoms with E-state index in [1.165, 1.54) is 13.2 Å². The summed E-state index contributed by atoms with van der Waals surface area (Å²) in [4.78, 5) is 0. The summed E-state index contributed by atoms with van der Waals surface area (Å²) in [6.45, 7) is 0.755. The number of methoxy groups -OCH3 is 1. The summed E-state index contributed by atoms with van der Waals surface area (Å²) < 4.78 is 4.98. The fourth-order valence-electron chi connectivity index (χ4n) is 1.33. The summed E-state index contributed by atoms with van der Waals surface area (Å²) in [5, 5.41) is 21.5. The van der Waals surface area contributed by atoms with Crippen LogP contribution in [0.3, 0.4) is 0 Å². The van der Waals surface area contributed by atoms with Crippen LogP contribution in [0, 0.1) is 11.3 Å². The Morgan fingerprint density at radius 2 is 2.27 bits per heavy atom. The van der Waals surface area contributed by atoms with Crippen molar-refractivity contribution in [1.29, 1.82) is 5.26 Å². The van der Waals surface area contributed by atoms with Crippen molar-refractivity contribution in [3.63, 3.8) is 0 Å². The zero-order chi connectivity index (χ0) is 11.3. The Labute approximate surface area is 89.1 Å². The Bertz CT molecular complexity index is 383. The van der Waals surface area contributed by atoms with Gasteiger partial charge in [-0.1, -0.05) is 0 Å². The SMILES string of the molecule is CNCCc1cc(C#N)c(OC)cc1O. The van der Waals surface area contributed by atoms with Gasteiger partial charge in [0.1, 0.15) is 17.6 Å². The quantitative estimate of drug-likeness (QED) is 0.772. The van der Waals surface area contributed by atoms with E-state index in [1.54, 1.807) is 6.07 Å². The molecule has 0 aliphatic heterocycles. The summed E-state index contributed by atoms with van der Waals surface area (Å²) in [5.41, 5.74) is 1.20. The van der Waals surface area contributed by atoms with Crippen LogP contribution in [0.2, 0.25) is 0 Å². The molecule has 0 aliphatic carbocycles. The molecule has 1 rings (SSSR count). The number of nitriles is 1. The van der Waals surface area contributed by atoms with Gasteiger partial charge in [0.05, 0.1) is 12.7 Å². The van der Waals surface area contributed by atoms with E-state index in [0.717, 1.165) is 12.1 Å². The highest BCUT2D eigenvalue weighted by Crippen LogP contribution is 2.27. The highest BCUT2D eigenvalue weighted by Gasteiger charge is 2.08. The van der Waals surface area contributed by atoms with E-state index >= 15 is 0 Å². The predicted octanol–water partition coefficient (Wildman–Crippen LogP) is 1.03. The van der Waals surface area contributed by atoms with Gasteiger partial charge >= 0.3 is 0 Å². The Kier molecular flexibility index (Phi) is 3.95. The molecule has 0 aromatic heterocycles. The minimum Gasteiger partial charge on any atom is -0.508 e. The van der Waals surface area contributed by atoms with Crippen molar-refractivity contribution in [2.24, 2.45) is 0 Å². The second-order valence-corrected chi connectivity index (χ2v) is 3.15. The number of likely N-dealkylation sites (N-methyl/N-ethyl adjacent to an activating group) is 1. The van der Waals surface area contributed by atoms with Crippen LogP contribution in [-0.4, -0.2) is 25.8 Å². The number of hydrogen-bond acceptors (Lipinski definition) is 4. The van der Waals surface area contributed by atoms with Gasteiger partial charge in [-0.05, 0) is 31.6 Å². The topological polar surface area (TPSA) is 65.3 Å². The molecule has 0 saturated heterocycles. The molecule has 0 radical (unpaired) electrons. The number of phenolic OH excluding ortho intramolecular Hbond substituents is 1. The van der Waals surface area contributed by atoms with Crippen LogP contribution in [0.25, 0.3) is 0 Å². The van der Waals surface area contributed by atoms with E-state index in [-0.39, 0.29) is 5.75 Å². The zero-order valence-corrected chi connectivity index (χ0v) is 8.87. The molecule has 0 saturated carbocycles. The van der Waals surface area contributed by atoms with E-state index in [4.69, 9.17) is 10.00 Å². The molecule has 0 amide bonds. The predicted molar refractivity (Wildman–Crippen MR) is 57.0 cm³/mol. The highest BCUT2D eigenvalue weighted by atomic mass is 16.5. The molecule has 0 fully saturated rings. The summed E-state index contributed by atoms with van der Waals surface area (Å²) in [6.07, 6.45) is 0.682. The number of ether oxygens (including phenoxy) is 1. The van der Waals surface area contributed by atoms with Crippen LogP contribution < -0.4 is 10.1 Å². The third-order valence-corrected chi connectivity index (χ3v) is 2.17. The van der Waals surface area contributed by atoms with Crippen LogP contribution in [0.5, 0.6) is 11.5 Å². The van der Waals surface area contributed by atoms with E-state index < -0.39 is 0 Å². The minimum atomic E-state index is 0.168. The van der Waals surface area contributed by atoms with Crippen molar-refractivity contribution in [2.75, 3.05) is 20.7 Å². The number of nitrogens with zero attached hydrogens (tertiary/aromatic N) is 1. The maximum atomic E-state index is 9.65. The summed E-state index contributed by atoms with van der Waals surface area (Å²) in [5.74, 6) is 0.573. The molecule has 0 aliphatic rings. The number of aromatic hydroxyl groups is 1. The fraction of sp³-hybridized carbons (Fsp3) is 0.364. The van der Waals surface area contributed by atoms with Crippen LogP contribution in [0.15, 0.2) is 12.1 Å². The molecule has 0 spiro atoms. The van der Waals surface area contributed by atoms with Gasteiger partial charge in [-0.3, -0.25) is 0 Å².